The van der Waals surface area contributed by atoms with Crippen LogP contribution in [0.5, 0.6) is 5.75 Å². The van der Waals surface area contributed by atoms with Crippen molar-refractivity contribution in [2.75, 3.05) is 7.11 Å². The Morgan fingerprint density at radius 1 is 1.00 bits per heavy atom. The van der Waals surface area contributed by atoms with E-state index in [1.54, 1.807) is 26.2 Å². The van der Waals surface area contributed by atoms with Gasteiger partial charge in [0.05, 0.1) is 12.0 Å². The lowest BCUT2D eigenvalue weighted by Gasteiger charge is -2.17. The quantitative estimate of drug-likeness (QED) is 0.908. The van der Waals surface area contributed by atoms with Crippen LogP contribution in [0.1, 0.15) is 35.2 Å². The molecule has 124 valence electrons. The number of aryl methyl sites for hydroxylation is 3. The van der Waals surface area contributed by atoms with E-state index in [9.17, 15) is 8.42 Å². The van der Waals surface area contributed by atoms with Gasteiger partial charge in [-0.2, -0.15) is 0 Å². The maximum atomic E-state index is 12.7. The molecule has 0 aliphatic rings. The molecule has 2 rings (SSSR count). The topological polar surface area (TPSA) is 55.4 Å². The summed E-state index contributed by atoms with van der Waals surface area (Å²) < 4.78 is 33.4. The van der Waals surface area contributed by atoms with Crippen molar-refractivity contribution in [1.82, 2.24) is 4.72 Å². The summed E-state index contributed by atoms with van der Waals surface area (Å²) in [7, 11) is -2.02. The third-order valence-corrected chi connectivity index (χ3v) is 5.57. The van der Waals surface area contributed by atoms with Crippen molar-refractivity contribution in [3.05, 3.63) is 58.7 Å². The van der Waals surface area contributed by atoms with Gasteiger partial charge < -0.3 is 4.74 Å². The molecule has 0 fully saturated rings. The lowest BCUT2D eigenvalue weighted by molar-refractivity contribution is 0.411. The fourth-order valence-electron chi connectivity index (χ4n) is 2.49. The SMILES string of the molecule is COc1cc(C)c(S(=O)(=O)N[C@H](C)c2ccc(C)cc2)cc1C. The monoisotopic (exact) mass is 333 g/mol. The van der Waals surface area contributed by atoms with Crippen LogP contribution in [-0.4, -0.2) is 15.5 Å². The van der Waals surface area contributed by atoms with Crippen LogP contribution in [0.15, 0.2) is 41.3 Å². The second kappa shape index (κ2) is 6.72. The first-order chi connectivity index (χ1) is 10.7. The molecule has 0 aliphatic heterocycles. The maximum absolute atomic E-state index is 12.7. The van der Waals surface area contributed by atoms with Gasteiger partial charge in [0.25, 0.3) is 0 Å². The van der Waals surface area contributed by atoms with E-state index < -0.39 is 10.0 Å². The molecule has 1 atom stereocenters. The zero-order chi connectivity index (χ0) is 17.2. The fraction of sp³-hybridized carbons (Fsp3) is 0.333. The Hall–Kier alpha value is -1.85. The molecule has 2 aromatic carbocycles. The van der Waals surface area contributed by atoms with E-state index in [4.69, 9.17) is 4.74 Å². The van der Waals surface area contributed by atoms with E-state index in [0.717, 1.165) is 16.7 Å². The summed E-state index contributed by atoms with van der Waals surface area (Å²) in [4.78, 5) is 0.287. The molecular weight excluding hydrogens is 310 g/mol. The predicted octanol–water partition coefficient (Wildman–Crippen LogP) is 3.66. The molecule has 0 radical (unpaired) electrons. The highest BCUT2D eigenvalue weighted by Gasteiger charge is 2.21. The van der Waals surface area contributed by atoms with E-state index in [1.807, 2.05) is 45.0 Å². The number of ether oxygens (including phenoxy) is 1. The van der Waals surface area contributed by atoms with Crippen LogP contribution in [0.4, 0.5) is 0 Å². The maximum Gasteiger partial charge on any atom is 0.241 e. The summed E-state index contributed by atoms with van der Waals surface area (Å²) in [5.41, 5.74) is 3.53. The van der Waals surface area contributed by atoms with E-state index >= 15 is 0 Å². The number of nitrogens with one attached hydrogen (secondary N) is 1. The zero-order valence-electron chi connectivity index (χ0n) is 14.2. The standard InChI is InChI=1S/C18H23NO3S/c1-12-6-8-16(9-7-12)15(4)19-23(20,21)18-11-13(2)17(22-5)10-14(18)3/h6-11,15,19H,1-5H3/t15-/m1/s1. The van der Waals surface area contributed by atoms with Gasteiger partial charge in [-0.25, -0.2) is 13.1 Å². The molecule has 4 nitrogen and oxygen atoms in total. The molecule has 0 aliphatic carbocycles. The Morgan fingerprint density at radius 3 is 2.17 bits per heavy atom. The molecule has 0 heterocycles. The van der Waals surface area contributed by atoms with E-state index in [0.29, 0.717) is 11.3 Å². The largest absolute Gasteiger partial charge is 0.496 e. The number of rotatable bonds is 5. The lowest BCUT2D eigenvalue weighted by Crippen LogP contribution is -2.27. The van der Waals surface area contributed by atoms with E-state index in [-0.39, 0.29) is 10.9 Å². The Labute approximate surface area is 138 Å². The second-order valence-electron chi connectivity index (χ2n) is 5.84. The Kier molecular flexibility index (Phi) is 5.12. The molecule has 0 amide bonds. The first-order valence-corrected chi connectivity index (χ1v) is 8.97. The molecule has 0 spiro atoms. The van der Waals surface area contributed by atoms with Gasteiger partial charge in [0, 0.05) is 6.04 Å². The van der Waals surface area contributed by atoms with Crippen LogP contribution in [0, 0.1) is 20.8 Å². The smallest absolute Gasteiger partial charge is 0.241 e. The first kappa shape index (κ1) is 17.5. The highest BCUT2D eigenvalue weighted by molar-refractivity contribution is 7.89. The van der Waals surface area contributed by atoms with Gasteiger partial charge in [-0.05, 0) is 56.5 Å². The van der Waals surface area contributed by atoms with Crippen molar-refractivity contribution in [2.24, 2.45) is 0 Å². The average Bonchev–Trinajstić information content (AvgIpc) is 2.49. The van der Waals surface area contributed by atoms with Crippen LogP contribution in [-0.2, 0) is 10.0 Å². The van der Waals surface area contributed by atoms with Gasteiger partial charge in [0.2, 0.25) is 10.0 Å². The molecule has 0 aromatic heterocycles. The van der Waals surface area contributed by atoms with Crippen molar-refractivity contribution >= 4 is 10.0 Å². The summed E-state index contributed by atoms with van der Waals surface area (Å²) >= 11 is 0. The van der Waals surface area contributed by atoms with Crippen molar-refractivity contribution in [2.45, 2.75) is 38.6 Å². The second-order valence-corrected chi connectivity index (χ2v) is 7.52. The number of benzene rings is 2. The molecule has 23 heavy (non-hydrogen) atoms. The molecule has 5 heteroatoms. The number of hydrogen-bond donors (Lipinski definition) is 1. The van der Waals surface area contributed by atoms with Gasteiger partial charge in [-0.3, -0.25) is 0 Å². The van der Waals surface area contributed by atoms with E-state index in [2.05, 4.69) is 4.72 Å². The highest BCUT2D eigenvalue weighted by atomic mass is 32.2. The minimum absolute atomic E-state index is 0.287. The van der Waals surface area contributed by atoms with Crippen LogP contribution < -0.4 is 9.46 Å². The summed E-state index contributed by atoms with van der Waals surface area (Å²) in [5, 5.41) is 0. The fourth-order valence-corrected chi connectivity index (χ4v) is 4.04. The van der Waals surface area contributed by atoms with Crippen molar-refractivity contribution < 1.29 is 13.2 Å². The van der Waals surface area contributed by atoms with Crippen LogP contribution in [0.25, 0.3) is 0 Å². The predicted molar refractivity (Wildman–Crippen MR) is 92.4 cm³/mol. The van der Waals surface area contributed by atoms with Crippen LogP contribution in [0.2, 0.25) is 0 Å². The molecule has 1 N–H and O–H groups in total. The summed E-state index contributed by atoms with van der Waals surface area (Å²) in [6.45, 7) is 7.45. The minimum atomic E-state index is -3.60. The molecule has 0 saturated heterocycles. The van der Waals surface area contributed by atoms with Crippen molar-refractivity contribution in [3.63, 3.8) is 0 Å². The van der Waals surface area contributed by atoms with Gasteiger partial charge in [-0.1, -0.05) is 29.8 Å². The molecule has 0 saturated carbocycles. The zero-order valence-corrected chi connectivity index (χ0v) is 15.0. The summed E-state index contributed by atoms with van der Waals surface area (Å²) in [5.74, 6) is 0.688. The number of sulfonamides is 1. The normalized spacial score (nSPS) is 12.9. The summed E-state index contributed by atoms with van der Waals surface area (Å²) in [6, 6.07) is 10.9. The first-order valence-electron chi connectivity index (χ1n) is 7.48. The van der Waals surface area contributed by atoms with Gasteiger partial charge in [0.15, 0.2) is 0 Å². The third kappa shape index (κ3) is 3.92. The van der Waals surface area contributed by atoms with E-state index in [1.165, 1.54) is 0 Å². The molecule has 0 unspecified atom stereocenters. The third-order valence-electron chi connectivity index (χ3n) is 3.89. The van der Waals surface area contributed by atoms with Crippen molar-refractivity contribution in [3.8, 4) is 5.75 Å². The highest BCUT2D eigenvalue weighted by Crippen LogP contribution is 2.26. The number of hydrogen-bond acceptors (Lipinski definition) is 3. The molecule has 0 bridgehead atoms. The average molecular weight is 333 g/mol. The van der Waals surface area contributed by atoms with Gasteiger partial charge in [-0.15, -0.1) is 0 Å². The Morgan fingerprint density at radius 2 is 1.61 bits per heavy atom. The lowest BCUT2D eigenvalue weighted by atomic mass is 10.1. The molecule has 2 aromatic rings. The van der Waals surface area contributed by atoms with Crippen LogP contribution in [0.3, 0.4) is 0 Å². The minimum Gasteiger partial charge on any atom is -0.496 e. The Balaban J connectivity index is 2.32. The molecular formula is C18H23NO3S. The van der Waals surface area contributed by atoms with Crippen LogP contribution >= 0.6 is 0 Å². The van der Waals surface area contributed by atoms with Gasteiger partial charge >= 0.3 is 0 Å². The van der Waals surface area contributed by atoms with Gasteiger partial charge in [0.1, 0.15) is 5.75 Å². The summed E-state index contributed by atoms with van der Waals surface area (Å²) in [6.07, 6.45) is 0. The van der Waals surface area contributed by atoms with Crippen molar-refractivity contribution in [1.29, 1.82) is 0 Å². The number of methoxy groups -OCH3 is 1. The Bertz CT molecular complexity index is 796.